The number of hydrogen-bond donors (Lipinski definition) is 1. The van der Waals surface area contributed by atoms with Crippen molar-refractivity contribution in [1.82, 2.24) is 4.90 Å². The third-order valence-corrected chi connectivity index (χ3v) is 3.77. The molecule has 1 heterocycles. The van der Waals surface area contributed by atoms with Gasteiger partial charge in [-0.15, -0.1) is 0 Å². The van der Waals surface area contributed by atoms with Crippen molar-refractivity contribution >= 4 is 23.7 Å². The number of rotatable bonds is 3. The Kier molecular flexibility index (Phi) is 4.49. The maximum absolute atomic E-state index is 11.6. The molecule has 2 atom stereocenters. The van der Waals surface area contributed by atoms with Gasteiger partial charge in [0.05, 0.1) is 7.11 Å². The molecular weight excluding hydrogens is 282 g/mol. The lowest BCUT2D eigenvalue weighted by molar-refractivity contribution is -0.141. The zero-order chi connectivity index (χ0) is 14.7. The molecule has 0 saturated carbocycles. The molecule has 6 heteroatoms. The lowest BCUT2D eigenvalue weighted by Crippen LogP contribution is -2.40. The average molecular weight is 298 g/mol. The number of nitrogens with zero attached hydrogens (tertiary/aromatic N) is 1. The summed E-state index contributed by atoms with van der Waals surface area (Å²) < 4.78 is 4.64. The van der Waals surface area contributed by atoms with Crippen LogP contribution < -0.4 is 0 Å². The van der Waals surface area contributed by atoms with E-state index in [0.29, 0.717) is 24.4 Å². The smallest absolute Gasteiger partial charge is 0.410 e. The Hall–Kier alpha value is -1.75. The monoisotopic (exact) mass is 297 g/mol. The Morgan fingerprint density at radius 1 is 1.40 bits per heavy atom. The van der Waals surface area contributed by atoms with E-state index in [2.05, 4.69) is 4.74 Å². The number of carboxylic acids is 1. The number of carbonyl (C=O) groups is 2. The van der Waals surface area contributed by atoms with E-state index in [9.17, 15) is 14.7 Å². The first-order valence-electron chi connectivity index (χ1n) is 6.33. The first-order chi connectivity index (χ1) is 9.51. The Bertz CT molecular complexity index is 502. The van der Waals surface area contributed by atoms with Gasteiger partial charge >= 0.3 is 12.1 Å². The molecule has 0 bridgehead atoms. The van der Waals surface area contributed by atoms with Gasteiger partial charge in [0.2, 0.25) is 0 Å². The lowest BCUT2D eigenvalue weighted by atomic mass is 9.97. The first kappa shape index (κ1) is 14.7. The summed E-state index contributed by atoms with van der Waals surface area (Å²) in [6, 6.07) is 6.63. The fraction of sp³-hybridized carbons (Fsp3) is 0.429. The highest BCUT2D eigenvalue weighted by atomic mass is 35.5. The van der Waals surface area contributed by atoms with Crippen LogP contribution >= 0.6 is 11.6 Å². The number of hydrogen-bond acceptors (Lipinski definition) is 3. The minimum absolute atomic E-state index is 0.108. The number of carbonyl (C=O) groups excluding carboxylic acids is 1. The Balaban J connectivity index is 2.06. The number of likely N-dealkylation sites (tertiary alicyclic amines) is 1. The molecule has 108 valence electrons. The van der Waals surface area contributed by atoms with Gasteiger partial charge in [0.1, 0.15) is 6.04 Å². The van der Waals surface area contributed by atoms with Crippen LogP contribution in [-0.4, -0.2) is 41.8 Å². The first-order valence-corrected chi connectivity index (χ1v) is 6.71. The third kappa shape index (κ3) is 3.22. The van der Waals surface area contributed by atoms with E-state index in [-0.39, 0.29) is 5.92 Å². The third-order valence-electron chi connectivity index (χ3n) is 3.52. The largest absolute Gasteiger partial charge is 0.480 e. The van der Waals surface area contributed by atoms with Crippen molar-refractivity contribution in [3.8, 4) is 0 Å². The molecule has 20 heavy (non-hydrogen) atoms. The number of aliphatic carboxylic acids is 1. The van der Waals surface area contributed by atoms with Crippen LogP contribution in [0.3, 0.4) is 0 Å². The van der Waals surface area contributed by atoms with Gasteiger partial charge in [-0.25, -0.2) is 9.59 Å². The SMILES string of the molecule is COC(=O)N1CC(Cc2ccc(Cl)cc2)CC1C(=O)O. The van der Waals surface area contributed by atoms with Crippen LogP contribution in [0.15, 0.2) is 24.3 Å². The molecule has 0 radical (unpaired) electrons. The minimum Gasteiger partial charge on any atom is -0.480 e. The number of halogens is 1. The molecule has 0 spiro atoms. The summed E-state index contributed by atoms with van der Waals surface area (Å²) in [6.07, 6.45) is 0.567. The number of amides is 1. The maximum Gasteiger partial charge on any atom is 0.410 e. The molecule has 1 amide bonds. The molecule has 5 nitrogen and oxygen atoms in total. The molecule has 2 unspecified atom stereocenters. The molecule has 1 aliphatic heterocycles. The van der Waals surface area contributed by atoms with Crippen LogP contribution in [-0.2, 0) is 16.0 Å². The van der Waals surface area contributed by atoms with Crippen molar-refractivity contribution in [2.24, 2.45) is 5.92 Å². The number of ether oxygens (including phenoxy) is 1. The summed E-state index contributed by atoms with van der Waals surface area (Å²) >= 11 is 5.83. The normalized spacial score (nSPS) is 21.8. The second-order valence-electron chi connectivity index (χ2n) is 4.91. The topological polar surface area (TPSA) is 66.8 Å². The minimum atomic E-state index is -0.992. The van der Waals surface area contributed by atoms with Crippen molar-refractivity contribution in [1.29, 1.82) is 0 Å². The van der Waals surface area contributed by atoms with Crippen molar-refractivity contribution in [2.45, 2.75) is 18.9 Å². The predicted octanol–water partition coefficient (Wildman–Crippen LogP) is 2.42. The number of benzene rings is 1. The molecule has 1 N–H and O–H groups in total. The van der Waals surface area contributed by atoms with Crippen molar-refractivity contribution in [3.05, 3.63) is 34.9 Å². The van der Waals surface area contributed by atoms with Crippen LogP contribution in [0.1, 0.15) is 12.0 Å². The van der Waals surface area contributed by atoms with Gasteiger partial charge in [0.25, 0.3) is 0 Å². The summed E-state index contributed by atoms with van der Waals surface area (Å²) in [7, 11) is 1.26. The quantitative estimate of drug-likeness (QED) is 0.930. The Morgan fingerprint density at radius 2 is 2.05 bits per heavy atom. The van der Waals surface area contributed by atoms with Gasteiger partial charge in [-0.3, -0.25) is 4.90 Å². The van der Waals surface area contributed by atoms with Gasteiger partial charge in [0.15, 0.2) is 0 Å². The van der Waals surface area contributed by atoms with Gasteiger partial charge in [-0.05, 0) is 36.5 Å². The Labute approximate surface area is 122 Å². The number of carboxylic acid groups (broad SMARTS) is 1. The molecule has 1 aromatic rings. The fourth-order valence-electron chi connectivity index (χ4n) is 2.58. The average Bonchev–Trinajstić information content (AvgIpc) is 2.84. The van der Waals surface area contributed by atoms with E-state index in [0.717, 1.165) is 5.56 Å². The highest BCUT2D eigenvalue weighted by molar-refractivity contribution is 6.30. The van der Waals surface area contributed by atoms with Crippen LogP contribution in [0.5, 0.6) is 0 Å². The standard InChI is InChI=1S/C14H16ClNO4/c1-20-14(19)16-8-10(7-12(16)13(17)18)6-9-2-4-11(15)5-3-9/h2-5,10,12H,6-8H2,1H3,(H,17,18). The molecule has 2 rings (SSSR count). The molecule has 1 aromatic carbocycles. The van der Waals surface area contributed by atoms with Gasteiger partial charge in [0, 0.05) is 11.6 Å². The molecule has 1 saturated heterocycles. The van der Waals surface area contributed by atoms with Crippen LogP contribution in [0, 0.1) is 5.92 Å². The van der Waals surface area contributed by atoms with E-state index in [1.54, 1.807) is 12.1 Å². The summed E-state index contributed by atoms with van der Waals surface area (Å²) in [5.41, 5.74) is 1.08. The zero-order valence-electron chi connectivity index (χ0n) is 11.1. The second-order valence-corrected chi connectivity index (χ2v) is 5.35. The van der Waals surface area contributed by atoms with Crippen molar-refractivity contribution < 1.29 is 19.4 Å². The van der Waals surface area contributed by atoms with E-state index in [1.807, 2.05) is 12.1 Å². The molecule has 1 aliphatic rings. The summed E-state index contributed by atoms with van der Waals surface area (Å²) in [6.45, 7) is 0.395. The van der Waals surface area contributed by atoms with Crippen LogP contribution in [0.25, 0.3) is 0 Å². The van der Waals surface area contributed by atoms with Crippen molar-refractivity contribution in [3.63, 3.8) is 0 Å². The van der Waals surface area contributed by atoms with Gasteiger partial charge in [-0.1, -0.05) is 23.7 Å². The van der Waals surface area contributed by atoms with E-state index >= 15 is 0 Å². The molecular formula is C14H16ClNO4. The molecule has 1 fully saturated rings. The highest BCUT2D eigenvalue weighted by Gasteiger charge is 2.40. The van der Waals surface area contributed by atoms with E-state index < -0.39 is 18.1 Å². The van der Waals surface area contributed by atoms with Gasteiger partial charge < -0.3 is 9.84 Å². The number of methoxy groups -OCH3 is 1. The highest BCUT2D eigenvalue weighted by Crippen LogP contribution is 2.27. The fourth-order valence-corrected chi connectivity index (χ4v) is 2.70. The van der Waals surface area contributed by atoms with Crippen LogP contribution in [0.4, 0.5) is 4.79 Å². The van der Waals surface area contributed by atoms with Gasteiger partial charge in [-0.2, -0.15) is 0 Å². The second kappa shape index (κ2) is 6.13. The van der Waals surface area contributed by atoms with E-state index in [4.69, 9.17) is 11.6 Å². The predicted molar refractivity (Wildman–Crippen MR) is 73.8 cm³/mol. The van der Waals surface area contributed by atoms with Crippen LogP contribution in [0.2, 0.25) is 5.02 Å². The zero-order valence-corrected chi connectivity index (χ0v) is 11.8. The summed E-state index contributed by atoms with van der Waals surface area (Å²) in [5, 5.41) is 9.85. The Morgan fingerprint density at radius 3 is 2.60 bits per heavy atom. The maximum atomic E-state index is 11.6. The van der Waals surface area contributed by atoms with Crippen molar-refractivity contribution in [2.75, 3.05) is 13.7 Å². The summed E-state index contributed by atoms with van der Waals surface area (Å²) in [4.78, 5) is 24.1. The lowest BCUT2D eigenvalue weighted by Gasteiger charge is -2.19. The van der Waals surface area contributed by atoms with E-state index in [1.165, 1.54) is 12.0 Å². The molecule has 0 aliphatic carbocycles. The summed E-state index contributed by atoms with van der Waals surface area (Å²) in [5.74, 6) is -0.884. The molecule has 0 aromatic heterocycles.